The van der Waals surface area contributed by atoms with Crippen molar-refractivity contribution in [2.24, 2.45) is 0 Å². The fourth-order valence-electron chi connectivity index (χ4n) is 3.12. The van der Waals surface area contributed by atoms with Gasteiger partial charge in [-0.3, -0.25) is 0 Å². The van der Waals surface area contributed by atoms with Crippen LogP contribution in [0.2, 0.25) is 5.02 Å². The first kappa shape index (κ1) is 17.5. The zero-order chi connectivity index (χ0) is 18.6. The van der Waals surface area contributed by atoms with Crippen molar-refractivity contribution >= 4 is 34.9 Å². The summed E-state index contributed by atoms with van der Waals surface area (Å²) in [4.78, 5) is 18.3. The van der Waals surface area contributed by atoms with E-state index in [2.05, 4.69) is 25.1 Å². The van der Waals surface area contributed by atoms with Crippen molar-refractivity contribution in [2.75, 3.05) is 41.3 Å². The molecule has 1 aliphatic rings. The van der Waals surface area contributed by atoms with Crippen molar-refractivity contribution < 1.29 is 0 Å². The number of hydrogen-bond acceptors (Lipinski definition) is 6. The molecule has 6 nitrogen and oxygen atoms in total. The fraction of sp³-hybridized carbons (Fsp3) is 0.250. The number of nitrogens with zero attached hydrogens (tertiary/aromatic N) is 5. The van der Waals surface area contributed by atoms with Gasteiger partial charge < -0.3 is 15.1 Å². The number of rotatable bonds is 4. The van der Waals surface area contributed by atoms with Crippen LogP contribution in [0.5, 0.6) is 0 Å². The number of nitrogens with one attached hydrogen (secondary N) is 1. The summed E-state index contributed by atoms with van der Waals surface area (Å²) in [7, 11) is 0. The Morgan fingerprint density at radius 3 is 2.37 bits per heavy atom. The molecule has 27 heavy (non-hydrogen) atoms. The highest BCUT2D eigenvalue weighted by Crippen LogP contribution is 2.21. The normalized spacial score (nSPS) is 14.3. The quantitative estimate of drug-likeness (QED) is 0.740. The monoisotopic (exact) mass is 380 g/mol. The summed E-state index contributed by atoms with van der Waals surface area (Å²) < 4.78 is 0. The minimum Gasteiger partial charge on any atom is -0.353 e. The molecule has 1 fully saturated rings. The molecule has 1 saturated heterocycles. The van der Waals surface area contributed by atoms with Gasteiger partial charge in [-0.05, 0) is 43.3 Å². The molecule has 0 unspecified atom stereocenters. The van der Waals surface area contributed by atoms with Crippen LogP contribution in [-0.2, 0) is 0 Å². The van der Waals surface area contributed by atoms with Crippen LogP contribution in [0.3, 0.4) is 0 Å². The second-order valence-corrected chi connectivity index (χ2v) is 6.92. The van der Waals surface area contributed by atoms with Crippen LogP contribution in [-0.4, -0.2) is 41.1 Å². The molecule has 7 heteroatoms. The van der Waals surface area contributed by atoms with Crippen molar-refractivity contribution in [3.63, 3.8) is 0 Å². The van der Waals surface area contributed by atoms with Crippen LogP contribution in [0.25, 0.3) is 0 Å². The zero-order valence-corrected chi connectivity index (χ0v) is 15.9. The Labute approximate surface area is 163 Å². The van der Waals surface area contributed by atoms with E-state index in [0.29, 0.717) is 5.02 Å². The number of hydrogen-bond donors (Lipinski definition) is 1. The average Bonchev–Trinajstić information content (AvgIpc) is 2.70. The first-order chi connectivity index (χ1) is 13.2. The van der Waals surface area contributed by atoms with Crippen molar-refractivity contribution in [1.82, 2.24) is 15.0 Å². The molecule has 0 saturated carbocycles. The molecule has 0 amide bonds. The number of benzene rings is 1. The van der Waals surface area contributed by atoms with Crippen LogP contribution in [0.4, 0.5) is 23.3 Å². The van der Waals surface area contributed by atoms with Gasteiger partial charge in [0.05, 0.1) is 0 Å². The van der Waals surface area contributed by atoms with Gasteiger partial charge in [-0.1, -0.05) is 17.7 Å². The summed E-state index contributed by atoms with van der Waals surface area (Å²) in [5.74, 6) is 2.56. The summed E-state index contributed by atoms with van der Waals surface area (Å²) in [5.41, 5.74) is 1.88. The zero-order valence-electron chi connectivity index (χ0n) is 15.1. The van der Waals surface area contributed by atoms with Crippen LogP contribution in [0, 0.1) is 6.92 Å². The lowest BCUT2D eigenvalue weighted by Gasteiger charge is -2.35. The molecule has 138 valence electrons. The molecule has 1 N–H and O–H groups in total. The molecule has 1 aliphatic heterocycles. The minimum absolute atomic E-state index is 0.714. The highest BCUT2D eigenvalue weighted by molar-refractivity contribution is 6.30. The average molecular weight is 381 g/mol. The number of piperazine rings is 1. The highest BCUT2D eigenvalue weighted by Gasteiger charge is 2.20. The maximum Gasteiger partial charge on any atom is 0.227 e. The molecule has 4 rings (SSSR count). The van der Waals surface area contributed by atoms with Gasteiger partial charge in [0.2, 0.25) is 5.95 Å². The largest absolute Gasteiger partial charge is 0.353 e. The van der Waals surface area contributed by atoms with Gasteiger partial charge in [0.25, 0.3) is 0 Å². The van der Waals surface area contributed by atoms with E-state index in [1.165, 1.54) is 0 Å². The molecule has 2 aromatic heterocycles. The number of pyridine rings is 1. The summed E-state index contributed by atoms with van der Waals surface area (Å²) in [6, 6.07) is 15.5. The molecule has 3 aromatic rings. The lowest BCUT2D eigenvalue weighted by molar-refractivity contribution is 0.634. The Morgan fingerprint density at radius 2 is 1.67 bits per heavy atom. The number of aromatic nitrogens is 3. The lowest BCUT2D eigenvalue weighted by Crippen LogP contribution is -2.47. The van der Waals surface area contributed by atoms with Crippen LogP contribution >= 0.6 is 11.6 Å². The van der Waals surface area contributed by atoms with Gasteiger partial charge >= 0.3 is 0 Å². The molecule has 0 bridgehead atoms. The highest BCUT2D eigenvalue weighted by atomic mass is 35.5. The predicted octanol–water partition coefficient (Wildman–Crippen LogP) is 3.90. The summed E-state index contributed by atoms with van der Waals surface area (Å²) >= 11 is 5.95. The van der Waals surface area contributed by atoms with Crippen molar-refractivity contribution in [3.8, 4) is 0 Å². The van der Waals surface area contributed by atoms with E-state index in [1.54, 1.807) is 0 Å². The van der Waals surface area contributed by atoms with Gasteiger partial charge in [-0.2, -0.15) is 4.98 Å². The van der Waals surface area contributed by atoms with Crippen LogP contribution in [0.15, 0.2) is 54.7 Å². The Kier molecular flexibility index (Phi) is 5.07. The second kappa shape index (κ2) is 7.80. The Bertz CT molecular complexity index is 892. The summed E-state index contributed by atoms with van der Waals surface area (Å²) in [5, 5.41) is 4.04. The summed E-state index contributed by atoms with van der Waals surface area (Å²) in [6.45, 7) is 5.51. The number of aryl methyl sites for hydroxylation is 1. The smallest absolute Gasteiger partial charge is 0.227 e. The SMILES string of the molecule is Cc1cc(Nc2ccc(Cl)cc2)nc(N2CCN(c3ccccn3)CC2)n1. The van der Waals surface area contributed by atoms with E-state index in [1.807, 2.05) is 61.7 Å². The molecule has 0 aliphatic carbocycles. The number of halogens is 1. The molecular formula is C20H21ClN6. The standard InChI is InChI=1S/C20H21ClN6/c1-15-14-18(24-17-7-5-16(21)6-8-17)25-20(23-15)27-12-10-26(11-13-27)19-4-2-3-9-22-19/h2-9,14H,10-13H2,1H3,(H,23,24,25). The van der Waals surface area contributed by atoms with E-state index < -0.39 is 0 Å². The van der Waals surface area contributed by atoms with Gasteiger partial charge in [-0.15, -0.1) is 0 Å². The van der Waals surface area contributed by atoms with E-state index in [0.717, 1.165) is 55.1 Å². The molecule has 0 atom stereocenters. The van der Waals surface area contributed by atoms with Crippen LogP contribution < -0.4 is 15.1 Å². The van der Waals surface area contributed by atoms with Gasteiger partial charge in [0.15, 0.2) is 0 Å². The minimum atomic E-state index is 0.714. The van der Waals surface area contributed by atoms with Crippen molar-refractivity contribution in [2.45, 2.75) is 6.92 Å². The summed E-state index contributed by atoms with van der Waals surface area (Å²) in [6.07, 6.45) is 1.83. The van der Waals surface area contributed by atoms with E-state index in [9.17, 15) is 0 Å². The Hall–Kier alpha value is -2.86. The maximum atomic E-state index is 5.95. The number of anilines is 4. The lowest BCUT2D eigenvalue weighted by atomic mass is 10.3. The fourth-order valence-corrected chi connectivity index (χ4v) is 3.24. The Balaban J connectivity index is 1.46. The maximum absolute atomic E-state index is 5.95. The molecule has 0 spiro atoms. The molecule has 0 radical (unpaired) electrons. The van der Waals surface area contributed by atoms with E-state index in [4.69, 9.17) is 16.6 Å². The molecular weight excluding hydrogens is 360 g/mol. The van der Waals surface area contributed by atoms with E-state index in [-0.39, 0.29) is 0 Å². The second-order valence-electron chi connectivity index (χ2n) is 6.49. The third-order valence-electron chi connectivity index (χ3n) is 4.49. The molecule has 1 aromatic carbocycles. The van der Waals surface area contributed by atoms with Crippen molar-refractivity contribution in [3.05, 3.63) is 65.4 Å². The third-order valence-corrected chi connectivity index (χ3v) is 4.75. The Morgan fingerprint density at radius 1 is 0.926 bits per heavy atom. The predicted molar refractivity (Wildman–Crippen MR) is 110 cm³/mol. The first-order valence-corrected chi connectivity index (χ1v) is 9.34. The van der Waals surface area contributed by atoms with Crippen LogP contribution in [0.1, 0.15) is 5.69 Å². The van der Waals surface area contributed by atoms with Crippen molar-refractivity contribution in [1.29, 1.82) is 0 Å². The molecule has 3 heterocycles. The van der Waals surface area contributed by atoms with Gasteiger partial charge in [0, 0.05) is 54.8 Å². The van der Waals surface area contributed by atoms with E-state index >= 15 is 0 Å². The topological polar surface area (TPSA) is 57.2 Å². The first-order valence-electron chi connectivity index (χ1n) is 8.96. The van der Waals surface area contributed by atoms with Gasteiger partial charge in [0.1, 0.15) is 11.6 Å². The van der Waals surface area contributed by atoms with Gasteiger partial charge in [-0.25, -0.2) is 9.97 Å². The third kappa shape index (κ3) is 4.28.